The second-order valence-corrected chi connectivity index (χ2v) is 13.4. The molecular formula is C45H47N5O7. The molecule has 3 atom stereocenters. The second-order valence-electron chi connectivity index (χ2n) is 13.4. The van der Waals surface area contributed by atoms with Crippen molar-refractivity contribution in [3.05, 3.63) is 174 Å². The van der Waals surface area contributed by atoms with Gasteiger partial charge in [-0.3, -0.25) is 19.4 Å². The van der Waals surface area contributed by atoms with Crippen LogP contribution in [0.25, 0.3) is 0 Å². The van der Waals surface area contributed by atoms with Crippen molar-refractivity contribution in [2.45, 2.75) is 56.8 Å². The van der Waals surface area contributed by atoms with E-state index in [2.05, 4.69) is 26.3 Å². The van der Waals surface area contributed by atoms with Gasteiger partial charge in [0.25, 0.3) is 0 Å². The standard InChI is InChI=1S/C45H47N5O7/c51-41(31-47-42(52)38(28-34-14-5-1-6-15-34)50-45(55)57-32-37-20-11-4-12-21-37)48-39(29-35-16-7-2-8-17-35)43(53)49-40(30-36-18-9-3-10-19-36)44(54)56-27-13-22-33-23-25-46-26-24-33/h1-12,14-21,23-26,38-40H,13,22,27-32H2,(H,47,52)(H,48,51)(H,49,53)(H,50,55)/t38-,39-,40-/m0/s1. The first-order valence-electron chi connectivity index (χ1n) is 18.8. The summed E-state index contributed by atoms with van der Waals surface area (Å²) in [6.07, 6.45) is 4.30. The molecule has 4 amide bonds. The van der Waals surface area contributed by atoms with Crippen molar-refractivity contribution in [2.75, 3.05) is 13.2 Å². The van der Waals surface area contributed by atoms with E-state index in [9.17, 15) is 24.0 Å². The van der Waals surface area contributed by atoms with Gasteiger partial charge in [0.2, 0.25) is 17.7 Å². The topological polar surface area (TPSA) is 165 Å². The molecule has 0 aliphatic rings. The van der Waals surface area contributed by atoms with Crippen LogP contribution >= 0.6 is 0 Å². The number of aromatic nitrogens is 1. The van der Waals surface area contributed by atoms with Crippen molar-refractivity contribution in [3.8, 4) is 0 Å². The molecule has 4 aromatic carbocycles. The Morgan fingerprint density at radius 3 is 1.54 bits per heavy atom. The number of pyridine rings is 1. The lowest BCUT2D eigenvalue weighted by Crippen LogP contribution is -2.55. The summed E-state index contributed by atoms with van der Waals surface area (Å²) in [5.74, 6) is -2.47. The zero-order valence-corrected chi connectivity index (χ0v) is 31.6. The zero-order chi connectivity index (χ0) is 40.1. The van der Waals surface area contributed by atoms with Crippen LogP contribution in [0, 0.1) is 0 Å². The largest absolute Gasteiger partial charge is 0.464 e. The average molecular weight is 770 g/mol. The van der Waals surface area contributed by atoms with E-state index in [1.165, 1.54) is 0 Å². The molecule has 0 aliphatic heterocycles. The molecule has 5 aromatic rings. The van der Waals surface area contributed by atoms with Crippen LogP contribution in [0.3, 0.4) is 0 Å². The van der Waals surface area contributed by atoms with Crippen LogP contribution in [0.15, 0.2) is 146 Å². The molecule has 0 saturated heterocycles. The first-order chi connectivity index (χ1) is 27.8. The fraction of sp³-hybridized carbons (Fsp3) is 0.244. The molecule has 12 heteroatoms. The minimum absolute atomic E-state index is 0.00982. The third kappa shape index (κ3) is 14.7. The highest BCUT2D eigenvalue weighted by Crippen LogP contribution is 2.10. The number of aryl methyl sites for hydroxylation is 1. The summed E-state index contributed by atoms with van der Waals surface area (Å²) in [5, 5.41) is 10.8. The van der Waals surface area contributed by atoms with Crippen LogP contribution in [0.5, 0.6) is 0 Å². The Hall–Kier alpha value is -6.82. The molecule has 1 aromatic heterocycles. The van der Waals surface area contributed by atoms with E-state index in [0.29, 0.717) is 12.8 Å². The first kappa shape index (κ1) is 41.3. The number of carbonyl (C=O) groups excluding carboxylic acids is 5. The molecule has 0 saturated carbocycles. The highest BCUT2D eigenvalue weighted by atomic mass is 16.5. The van der Waals surface area contributed by atoms with Crippen LogP contribution in [-0.4, -0.2) is 66.0 Å². The monoisotopic (exact) mass is 769 g/mol. The predicted octanol–water partition coefficient (Wildman–Crippen LogP) is 4.67. The van der Waals surface area contributed by atoms with E-state index < -0.39 is 54.5 Å². The third-order valence-corrected chi connectivity index (χ3v) is 8.95. The molecule has 0 bridgehead atoms. The molecule has 5 rings (SSSR count). The second kappa shape index (κ2) is 22.5. The lowest BCUT2D eigenvalue weighted by molar-refractivity contribution is -0.148. The number of rotatable bonds is 20. The van der Waals surface area contributed by atoms with Crippen molar-refractivity contribution in [1.82, 2.24) is 26.3 Å². The van der Waals surface area contributed by atoms with Gasteiger partial charge >= 0.3 is 12.1 Å². The van der Waals surface area contributed by atoms with Crippen LogP contribution in [0.4, 0.5) is 4.79 Å². The van der Waals surface area contributed by atoms with Gasteiger partial charge in [0.05, 0.1) is 13.2 Å². The number of nitrogens with zero attached hydrogens (tertiary/aromatic N) is 1. The van der Waals surface area contributed by atoms with Gasteiger partial charge in [0, 0.05) is 31.7 Å². The highest BCUT2D eigenvalue weighted by molar-refractivity contribution is 5.93. The van der Waals surface area contributed by atoms with E-state index in [1.807, 2.05) is 133 Å². The van der Waals surface area contributed by atoms with Gasteiger partial charge in [-0.05, 0) is 52.8 Å². The molecule has 294 valence electrons. The van der Waals surface area contributed by atoms with Crippen LogP contribution in [0.1, 0.15) is 34.2 Å². The normalized spacial score (nSPS) is 12.2. The Bertz CT molecular complexity index is 2000. The number of hydrogen-bond acceptors (Lipinski definition) is 8. The van der Waals surface area contributed by atoms with Gasteiger partial charge in [0.15, 0.2) is 0 Å². The molecular weight excluding hydrogens is 723 g/mol. The van der Waals surface area contributed by atoms with E-state index in [-0.39, 0.29) is 32.5 Å². The fourth-order valence-electron chi connectivity index (χ4n) is 5.98. The number of amides is 4. The Morgan fingerprint density at radius 2 is 1.00 bits per heavy atom. The van der Waals surface area contributed by atoms with E-state index >= 15 is 0 Å². The van der Waals surface area contributed by atoms with Gasteiger partial charge < -0.3 is 30.7 Å². The molecule has 4 N–H and O–H groups in total. The molecule has 0 unspecified atom stereocenters. The minimum Gasteiger partial charge on any atom is -0.464 e. The van der Waals surface area contributed by atoms with Crippen molar-refractivity contribution in [3.63, 3.8) is 0 Å². The number of benzene rings is 4. The smallest absolute Gasteiger partial charge is 0.408 e. The average Bonchev–Trinajstić information content (AvgIpc) is 3.24. The van der Waals surface area contributed by atoms with Gasteiger partial charge in [-0.1, -0.05) is 121 Å². The molecule has 1 heterocycles. The Morgan fingerprint density at radius 1 is 0.509 bits per heavy atom. The third-order valence-electron chi connectivity index (χ3n) is 8.95. The maximum absolute atomic E-state index is 13.9. The Kier molecular flexibility index (Phi) is 16.3. The molecule has 0 radical (unpaired) electrons. The van der Waals surface area contributed by atoms with Gasteiger partial charge in [-0.15, -0.1) is 0 Å². The SMILES string of the molecule is O=C(CNC(=O)[C@H](Cc1ccccc1)NC(=O)OCc1ccccc1)N[C@@H](Cc1ccccc1)C(=O)N[C@@H](Cc1ccccc1)C(=O)OCCCc1ccncc1. The summed E-state index contributed by atoms with van der Waals surface area (Å²) in [7, 11) is 0. The number of alkyl carbamates (subject to hydrolysis) is 1. The number of ether oxygens (including phenoxy) is 2. The van der Waals surface area contributed by atoms with Gasteiger partial charge in [0.1, 0.15) is 24.7 Å². The lowest BCUT2D eigenvalue weighted by atomic mass is 10.0. The Balaban J connectivity index is 1.22. The molecule has 0 aliphatic carbocycles. The van der Waals surface area contributed by atoms with Gasteiger partial charge in [-0.2, -0.15) is 0 Å². The summed E-state index contributed by atoms with van der Waals surface area (Å²) in [6.45, 7) is -0.330. The maximum Gasteiger partial charge on any atom is 0.408 e. The lowest BCUT2D eigenvalue weighted by Gasteiger charge is -2.23. The van der Waals surface area contributed by atoms with Crippen LogP contribution in [-0.2, 0) is 60.9 Å². The highest BCUT2D eigenvalue weighted by Gasteiger charge is 2.29. The van der Waals surface area contributed by atoms with E-state index in [0.717, 1.165) is 27.8 Å². The van der Waals surface area contributed by atoms with E-state index in [4.69, 9.17) is 9.47 Å². The maximum atomic E-state index is 13.9. The van der Waals surface area contributed by atoms with Crippen molar-refractivity contribution < 1.29 is 33.4 Å². The summed E-state index contributed by atoms with van der Waals surface area (Å²) >= 11 is 0. The quantitative estimate of drug-likeness (QED) is 0.0656. The van der Waals surface area contributed by atoms with Crippen LogP contribution < -0.4 is 21.3 Å². The number of carbonyl (C=O) groups is 5. The van der Waals surface area contributed by atoms with Crippen LogP contribution in [0.2, 0.25) is 0 Å². The number of esters is 1. The molecule has 57 heavy (non-hydrogen) atoms. The minimum atomic E-state index is -1.11. The van der Waals surface area contributed by atoms with Crippen molar-refractivity contribution >= 4 is 29.8 Å². The van der Waals surface area contributed by atoms with Crippen molar-refractivity contribution in [1.29, 1.82) is 0 Å². The summed E-state index contributed by atoms with van der Waals surface area (Å²) in [4.78, 5) is 71.0. The van der Waals surface area contributed by atoms with Gasteiger partial charge in [-0.25, -0.2) is 9.59 Å². The number of hydrogen-bond donors (Lipinski definition) is 4. The summed E-state index contributed by atoms with van der Waals surface area (Å²) in [6, 6.07) is 37.2. The summed E-state index contributed by atoms with van der Waals surface area (Å²) < 4.78 is 11.0. The van der Waals surface area contributed by atoms with Crippen molar-refractivity contribution in [2.24, 2.45) is 0 Å². The Labute approximate surface area is 332 Å². The molecule has 12 nitrogen and oxygen atoms in total. The zero-order valence-electron chi connectivity index (χ0n) is 31.6. The first-order valence-corrected chi connectivity index (χ1v) is 18.8. The fourth-order valence-corrected chi connectivity index (χ4v) is 5.98. The van der Waals surface area contributed by atoms with E-state index in [1.54, 1.807) is 12.4 Å². The molecule has 0 spiro atoms. The predicted molar refractivity (Wildman–Crippen MR) is 214 cm³/mol. The number of nitrogens with one attached hydrogen (secondary N) is 4. The molecule has 0 fully saturated rings. The summed E-state index contributed by atoms with van der Waals surface area (Å²) in [5.41, 5.74) is 4.20.